The van der Waals surface area contributed by atoms with Gasteiger partial charge in [-0.3, -0.25) is 10.1 Å². The van der Waals surface area contributed by atoms with E-state index in [0.29, 0.717) is 6.61 Å². The molecule has 0 aliphatic carbocycles. The molecule has 20 heavy (non-hydrogen) atoms. The second-order valence-electron chi connectivity index (χ2n) is 4.47. The molecular formula is C14H18ClNO4. The average Bonchev–Trinajstić information content (AvgIpc) is 2.42. The maximum atomic E-state index is 11.7. The summed E-state index contributed by atoms with van der Waals surface area (Å²) >= 11 is 5.68. The predicted molar refractivity (Wildman–Crippen MR) is 77.1 cm³/mol. The Hall–Kier alpha value is -1.62. The summed E-state index contributed by atoms with van der Waals surface area (Å²) < 4.78 is 5.08. The zero-order chi connectivity index (χ0) is 15.0. The van der Waals surface area contributed by atoms with E-state index in [1.807, 2.05) is 0 Å². The van der Waals surface area contributed by atoms with E-state index < -0.39 is 10.9 Å². The predicted octanol–water partition coefficient (Wildman–Crippen LogP) is 4.38. The van der Waals surface area contributed by atoms with Crippen LogP contribution in [0.3, 0.4) is 0 Å². The highest BCUT2D eigenvalue weighted by atomic mass is 35.5. The Labute approximate surface area is 123 Å². The van der Waals surface area contributed by atoms with Gasteiger partial charge in [0, 0.05) is 6.07 Å². The number of carbonyl (C=O) groups excluding carboxylic acids is 1. The molecule has 0 atom stereocenters. The van der Waals surface area contributed by atoms with Crippen molar-refractivity contribution >= 4 is 23.3 Å². The van der Waals surface area contributed by atoms with Gasteiger partial charge < -0.3 is 4.74 Å². The maximum Gasteiger partial charge on any atom is 0.338 e. The molecule has 1 aromatic rings. The van der Waals surface area contributed by atoms with E-state index in [1.165, 1.54) is 18.6 Å². The third kappa shape index (κ3) is 5.17. The molecule has 0 spiro atoms. The van der Waals surface area contributed by atoms with Crippen molar-refractivity contribution in [2.24, 2.45) is 0 Å². The smallest absolute Gasteiger partial charge is 0.338 e. The first-order valence-corrected chi connectivity index (χ1v) is 7.05. The lowest BCUT2D eigenvalue weighted by atomic mass is 10.2. The monoisotopic (exact) mass is 299 g/mol. The standard InChI is InChI=1S/C14H18ClNO4/c1-2-3-4-5-6-9-20-14(17)11-7-8-12(15)13(10-11)16(18)19/h7-8,10H,2-6,9H2,1H3. The normalized spacial score (nSPS) is 10.3. The summed E-state index contributed by atoms with van der Waals surface area (Å²) in [7, 11) is 0. The van der Waals surface area contributed by atoms with Crippen LogP contribution in [0.2, 0.25) is 5.02 Å². The number of ether oxygens (including phenoxy) is 1. The fourth-order valence-corrected chi connectivity index (χ4v) is 1.92. The lowest BCUT2D eigenvalue weighted by Gasteiger charge is -2.05. The summed E-state index contributed by atoms with van der Waals surface area (Å²) in [5, 5.41) is 10.7. The molecule has 6 heteroatoms. The van der Waals surface area contributed by atoms with Gasteiger partial charge in [0.2, 0.25) is 0 Å². The van der Waals surface area contributed by atoms with Gasteiger partial charge in [-0.1, -0.05) is 44.2 Å². The molecule has 0 saturated heterocycles. The molecule has 110 valence electrons. The molecular weight excluding hydrogens is 282 g/mol. The van der Waals surface area contributed by atoms with E-state index in [9.17, 15) is 14.9 Å². The third-order valence-electron chi connectivity index (χ3n) is 2.86. The SMILES string of the molecule is CCCCCCCOC(=O)c1ccc(Cl)c([N+](=O)[O-])c1. The van der Waals surface area contributed by atoms with E-state index in [2.05, 4.69) is 6.92 Å². The lowest BCUT2D eigenvalue weighted by molar-refractivity contribution is -0.384. The van der Waals surface area contributed by atoms with Crippen molar-refractivity contribution in [1.82, 2.24) is 0 Å². The van der Waals surface area contributed by atoms with Gasteiger partial charge >= 0.3 is 5.97 Å². The minimum atomic E-state index is -0.621. The van der Waals surface area contributed by atoms with E-state index in [0.717, 1.165) is 31.7 Å². The van der Waals surface area contributed by atoms with E-state index in [4.69, 9.17) is 16.3 Å². The first kappa shape index (κ1) is 16.4. The molecule has 0 aliphatic heterocycles. The topological polar surface area (TPSA) is 69.4 Å². The fraction of sp³-hybridized carbons (Fsp3) is 0.500. The van der Waals surface area contributed by atoms with E-state index >= 15 is 0 Å². The van der Waals surface area contributed by atoms with Crippen LogP contribution in [0.5, 0.6) is 0 Å². The number of esters is 1. The molecule has 0 amide bonds. The molecule has 0 radical (unpaired) electrons. The average molecular weight is 300 g/mol. The third-order valence-corrected chi connectivity index (χ3v) is 3.18. The molecule has 0 aromatic heterocycles. The largest absolute Gasteiger partial charge is 0.462 e. The molecule has 0 fully saturated rings. The summed E-state index contributed by atoms with van der Waals surface area (Å²) in [6.07, 6.45) is 5.29. The second kappa shape index (κ2) is 8.53. The quantitative estimate of drug-likeness (QED) is 0.309. The number of hydrogen-bond donors (Lipinski definition) is 0. The zero-order valence-corrected chi connectivity index (χ0v) is 12.2. The van der Waals surface area contributed by atoms with Crippen molar-refractivity contribution in [1.29, 1.82) is 0 Å². The molecule has 5 nitrogen and oxygen atoms in total. The number of benzene rings is 1. The number of nitro groups is 1. The molecule has 0 N–H and O–H groups in total. The highest BCUT2D eigenvalue weighted by Gasteiger charge is 2.16. The van der Waals surface area contributed by atoms with Gasteiger partial charge in [-0.15, -0.1) is 0 Å². The molecule has 1 rings (SSSR count). The Bertz CT molecular complexity index is 476. The first-order valence-electron chi connectivity index (χ1n) is 6.67. The van der Waals surface area contributed by atoms with Crippen molar-refractivity contribution in [2.45, 2.75) is 39.0 Å². The number of nitro benzene ring substituents is 1. The van der Waals surface area contributed by atoms with Crippen LogP contribution in [-0.2, 0) is 4.74 Å². The minimum Gasteiger partial charge on any atom is -0.462 e. The second-order valence-corrected chi connectivity index (χ2v) is 4.88. The number of hydrogen-bond acceptors (Lipinski definition) is 4. The highest BCUT2D eigenvalue weighted by Crippen LogP contribution is 2.25. The van der Waals surface area contributed by atoms with Crippen molar-refractivity contribution < 1.29 is 14.5 Å². The van der Waals surface area contributed by atoms with Crippen LogP contribution in [0.25, 0.3) is 0 Å². The zero-order valence-electron chi connectivity index (χ0n) is 11.4. The Morgan fingerprint density at radius 2 is 2.00 bits per heavy atom. The van der Waals surface area contributed by atoms with Crippen molar-refractivity contribution in [3.05, 3.63) is 38.9 Å². The number of rotatable bonds is 8. The highest BCUT2D eigenvalue weighted by molar-refractivity contribution is 6.32. The molecule has 0 aliphatic rings. The van der Waals surface area contributed by atoms with Crippen LogP contribution in [0.4, 0.5) is 5.69 Å². The van der Waals surface area contributed by atoms with Crippen LogP contribution < -0.4 is 0 Å². The molecule has 1 aromatic carbocycles. The molecule has 0 saturated carbocycles. The Balaban J connectivity index is 2.47. The lowest BCUT2D eigenvalue weighted by Crippen LogP contribution is -2.07. The van der Waals surface area contributed by atoms with Crippen molar-refractivity contribution in [3.63, 3.8) is 0 Å². The van der Waals surface area contributed by atoms with Crippen molar-refractivity contribution in [2.75, 3.05) is 6.61 Å². The van der Waals surface area contributed by atoms with Gasteiger partial charge in [-0.2, -0.15) is 0 Å². The van der Waals surface area contributed by atoms with Gasteiger partial charge in [0.25, 0.3) is 5.69 Å². The van der Waals surface area contributed by atoms with Crippen LogP contribution in [0.1, 0.15) is 49.4 Å². The summed E-state index contributed by atoms with van der Waals surface area (Å²) in [4.78, 5) is 21.8. The summed E-state index contributed by atoms with van der Waals surface area (Å²) in [5.74, 6) is -0.555. The van der Waals surface area contributed by atoms with Crippen LogP contribution in [-0.4, -0.2) is 17.5 Å². The molecule has 0 heterocycles. The van der Waals surface area contributed by atoms with Gasteiger partial charge in [0.05, 0.1) is 17.1 Å². The number of carbonyl (C=O) groups is 1. The van der Waals surface area contributed by atoms with Crippen LogP contribution >= 0.6 is 11.6 Å². The number of nitrogens with zero attached hydrogens (tertiary/aromatic N) is 1. The first-order chi connectivity index (χ1) is 9.56. The fourth-order valence-electron chi connectivity index (χ4n) is 1.73. The Kier molecular flexibility index (Phi) is 7.01. The minimum absolute atomic E-state index is 0.00566. The Morgan fingerprint density at radius 1 is 1.30 bits per heavy atom. The van der Waals surface area contributed by atoms with Gasteiger partial charge in [-0.05, 0) is 18.6 Å². The summed E-state index contributed by atoms with van der Waals surface area (Å²) in [6, 6.07) is 3.90. The van der Waals surface area contributed by atoms with E-state index in [-0.39, 0.29) is 16.3 Å². The molecule has 0 bridgehead atoms. The van der Waals surface area contributed by atoms with Gasteiger partial charge in [0.1, 0.15) is 5.02 Å². The Morgan fingerprint density at radius 3 is 2.65 bits per heavy atom. The molecule has 0 unspecified atom stereocenters. The van der Waals surface area contributed by atoms with Crippen LogP contribution in [0, 0.1) is 10.1 Å². The van der Waals surface area contributed by atoms with Crippen LogP contribution in [0.15, 0.2) is 18.2 Å². The number of unbranched alkanes of at least 4 members (excludes halogenated alkanes) is 4. The van der Waals surface area contributed by atoms with Gasteiger partial charge in [-0.25, -0.2) is 4.79 Å². The van der Waals surface area contributed by atoms with E-state index in [1.54, 1.807) is 0 Å². The summed E-state index contributed by atoms with van der Waals surface area (Å²) in [6.45, 7) is 2.46. The maximum absolute atomic E-state index is 11.7. The van der Waals surface area contributed by atoms with Gasteiger partial charge in [0.15, 0.2) is 0 Å². The number of halogens is 1. The summed E-state index contributed by atoms with van der Waals surface area (Å²) in [5.41, 5.74) is -0.140. The van der Waals surface area contributed by atoms with Crippen molar-refractivity contribution in [3.8, 4) is 0 Å².